The summed E-state index contributed by atoms with van der Waals surface area (Å²) in [7, 11) is 3.70. The quantitative estimate of drug-likeness (QED) is 0.622. The molecule has 26 heavy (non-hydrogen) atoms. The molecule has 0 N–H and O–H groups in total. The molecule has 0 saturated heterocycles. The summed E-state index contributed by atoms with van der Waals surface area (Å²) in [5.74, 6) is 0.857. The van der Waals surface area contributed by atoms with Crippen LogP contribution in [0.25, 0.3) is 5.69 Å². The summed E-state index contributed by atoms with van der Waals surface area (Å²) < 4.78 is 9.26. The molecular formula is C19H23N5OS. The number of hydrogen-bond acceptors (Lipinski definition) is 5. The third-order valence-electron chi connectivity index (χ3n) is 4.28. The molecule has 0 aliphatic carbocycles. The van der Waals surface area contributed by atoms with Crippen LogP contribution in [-0.2, 0) is 13.2 Å². The minimum atomic E-state index is 0.565. The third-order valence-corrected chi connectivity index (χ3v) is 4.66. The van der Waals surface area contributed by atoms with Crippen LogP contribution in [0.2, 0.25) is 0 Å². The largest absolute Gasteiger partial charge is 0.497 e. The first-order valence-electron chi connectivity index (χ1n) is 8.40. The van der Waals surface area contributed by atoms with Crippen LogP contribution in [0.5, 0.6) is 5.75 Å². The Morgan fingerprint density at radius 1 is 1.04 bits per heavy atom. The van der Waals surface area contributed by atoms with Crippen LogP contribution in [0.15, 0.2) is 42.5 Å². The molecule has 0 saturated carbocycles. The molecule has 2 aromatic carbocycles. The second kappa shape index (κ2) is 7.80. The SMILES string of the molecule is COc1ccc(CN(C)Cn2nnn(-c3c(C)cccc3C)c2=S)cc1. The van der Waals surface area contributed by atoms with Gasteiger partial charge in [-0.25, -0.2) is 4.68 Å². The monoisotopic (exact) mass is 369 g/mol. The van der Waals surface area contributed by atoms with Gasteiger partial charge in [0.2, 0.25) is 4.77 Å². The number of methoxy groups -OCH3 is 1. The zero-order valence-electron chi connectivity index (χ0n) is 15.5. The number of nitrogens with zero attached hydrogens (tertiary/aromatic N) is 5. The van der Waals surface area contributed by atoms with Crippen molar-refractivity contribution in [2.45, 2.75) is 27.1 Å². The van der Waals surface area contributed by atoms with Crippen LogP contribution in [0.1, 0.15) is 16.7 Å². The maximum atomic E-state index is 5.60. The Morgan fingerprint density at radius 3 is 2.31 bits per heavy atom. The average molecular weight is 369 g/mol. The molecule has 1 heterocycles. The van der Waals surface area contributed by atoms with E-state index in [0.717, 1.165) is 29.1 Å². The highest BCUT2D eigenvalue weighted by molar-refractivity contribution is 7.71. The second-order valence-corrected chi connectivity index (χ2v) is 6.78. The van der Waals surface area contributed by atoms with Gasteiger partial charge < -0.3 is 4.74 Å². The fourth-order valence-corrected chi connectivity index (χ4v) is 3.19. The molecule has 3 aromatic rings. The molecule has 0 unspecified atom stereocenters. The number of tetrazole rings is 1. The Morgan fingerprint density at radius 2 is 1.69 bits per heavy atom. The molecule has 0 bridgehead atoms. The number of hydrogen-bond donors (Lipinski definition) is 0. The van der Waals surface area contributed by atoms with Gasteiger partial charge in [0, 0.05) is 6.54 Å². The topological polar surface area (TPSA) is 48.1 Å². The van der Waals surface area contributed by atoms with Gasteiger partial charge in [0.25, 0.3) is 0 Å². The van der Waals surface area contributed by atoms with Gasteiger partial charge in [-0.15, -0.1) is 0 Å². The molecule has 0 radical (unpaired) electrons. The number of benzene rings is 2. The van der Waals surface area contributed by atoms with Crippen molar-refractivity contribution in [1.29, 1.82) is 0 Å². The Bertz CT molecular complexity index is 925. The number of ether oxygens (including phenoxy) is 1. The van der Waals surface area contributed by atoms with Gasteiger partial charge in [-0.3, -0.25) is 4.90 Å². The molecule has 0 fully saturated rings. The van der Waals surface area contributed by atoms with Gasteiger partial charge in [0.15, 0.2) is 0 Å². The minimum Gasteiger partial charge on any atom is -0.497 e. The lowest BCUT2D eigenvalue weighted by Gasteiger charge is -2.16. The van der Waals surface area contributed by atoms with Crippen LogP contribution in [-0.4, -0.2) is 38.8 Å². The number of aryl methyl sites for hydroxylation is 2. The van der Waals surface area contributed by atoms with E-state index in [1.165, 1.54) is 5.56 Å². The van der Waals surface area contributed by atoms with E-state index in [1.807, 2.05) is 25.2 Å². The van der Waals surface area contributed by atoms with Gasteiger partial charge in [-0.2, -0.15) is 4.68 Å². The van der Waals surface area contributed by atoms with Crippen molar-refractivity contribution in [3.05, 3.63) is 63.9 Å². The zero-order valence-corrected chi connectivity index (χ0v) is 16.3. The van der Waals surface area contributed by atoms with E-state index in [9.17, 15) is 0 Å². The Balaban J connectivity index is 1.76. The molecule has 0 aliphatic heterocycles. The van der Waals surface area contributed by atoms with Crippen LogP contribution < -0.4 is 4.74 Å². The highest BCUT2D eigenvalue weighted by atomic mass is 32.1. The lowest BCUT2D eigenvalue weighted by atomic mass is 10.1. The minimum absolute atomic E-state index is 0.565. The average Bonchev–Trinajstić information content (AvgIpc) is 2.96. The molecule has 3 rings (SSSR count). The molecular weight excluding hydrogens is 346 g/mol. The second-order valence-electron chi connectivity index (χ2n) is 6.42. The maximum absolute atomic E-state index is 5.60. The summed E-state index contributed by atoms with van der Waals surface area (Å²) in [6.45, 7) is 5.45. The van der Waals surface area contributed by atoms with Crippen molar-refractivity contribution in [2.24, 2.45) is 0 Å². The predicted molar refractivity (Wildman–Crippen MR) is 104 cm³/mol. The van der Waals surface area contributed by atoms with E-state index in [4.69, 9.17) is 17.0 Å². The van der Waals surface area contributed by atoms with Gasteiger partial charge >= 0.3 is 0 Å². The summed E-state index contributed by atoms with van der Waals surface area (Å²) in [5.41, 5.74) is 4.45. The van der Waals surface area contributed by atoms with Gasteiger partial charge in [0.05, 0.1) is 19.5 Å². The predicted octanol–water partition coefficient (Wildman–Crippen LogP) is 3.51. The molecule has 0 aliphatic rings. The first kappa shape index (κ1) is 18.3. The third kappa shape index (κ3) is 3.84. The molecule has 0 atom stereocenters. The lowest BCUT2D eigenvalue weighted by molar-refractivity contribution is 0.242. The summed E-state index contributed by atoms with van der Waals surface area (Å²) in [6, 6.07) is 14.2. The van der Waals surface area contributed by atoms with Crippen LogP contribution in [0.4, 0.5) is 0 Å². The Labute approximate surface area is 158 Å². The van der Waals surface area contributed by atoms with E-state index in [2.05, 4.69) is 53.4 Å². The van der Waals surface area contributed by atoms with Crippen molar-refractivity contribution in [2.75, 3.05) is 14.2 Å². The summed E-state index contributed by atoms with van der Waals surface area (Å²) in [6.07, 6.45) is 0. The van der Waals surface area contributed by atoms with Crippen molar-refractivity contribution >= 4 is 12.2 Å². The van der Waals surface area contributed by atoms with Gasteiger partial charge in [-0.1, -0.05) is 30.3 Å². The van der Waals surface area contributed by atoms with E-state index in [-0.39, 0.29) is 0 Å². The smallest absolute Gasteiger partial charge is 0.221 e. The normalized spacial score (nSPS) is 11.1. The van der Waals surface area contributed by atoms with Crippen LogP contribution in [0.3, 0.4) is 0 Å². The zero-order chi connectivity index (χ0) is 18.7. The number of para-hydroxylation sites is 1. The van der Waals surface area contributed by atoms with E-state index >= 15 is 0 Å². The van der Waals surface area contributed by atoms with Crippen molar-refractivity contribution < 1.29 is 4.74 Å². The molecule has 7 heteroatoms. The molecule has 6 nitrogen and oxygen atoms in total. The van der Waals surface area contributed by atoms with E-state index in [0.29, 0.717) is 11.4 Å². The van der Waals surface area contributed by atoms with Crippen molar-refractivity contribution in [3.8, 4) is 11.4 Å². The highest BCUT2D eigenvalue weighted by Crippen LogP contribution is 2.18. The summed E-state index contributed by atoms with van der Waals surface area (Å²) in [5, 5.41) is 8.52. The fraction of sp³-hybridized carbons (Fsp3) is 0.316. The first-order valence-corrected chi connectivity index (χ1v) is 8.81. The van der Waals surface area contributed by atoms with Crippen molar-refractivity contribution in [3.63, 3.8) is 0 Å². The summed E-state index contributed by atoms with van der Waals surface area (Å²) >= 11 is 5.60. The fourth-order valence-electron chi connectivity index (χ4n) is 2.96. The Kier molecular flexibility index (Phi) is 5.49. The highest BCUT2D eigenvalue weighted by Gasteiger charge is 2.12. The number of rotatable bonds is 6. The first-order chi connectivity index (χ1) is 12.5. The van der Waals surface area contributed by atoms with E-state index < -0.39 is 0 Å². The van der Waals surface area contributed by atoms with Gasteiger partial charge in [-0.05, 0) is 72.4 Å². The van der Waals surface area contributed by atoms with Crippen molar-refractivity contribution in [1.82, 2.24) is 24.7 Å². The van der Waals surface area contributed by atoms with E-state index in [1.54, 1.807) is 16.5 Å². The number of aromatic nitrogens is 4. The van der Waals surface area contributed by atoms with Gasteiger partial charge in [0.1, 0.15) is 5.75 Å². The molecule has 0 spiro atoms. The molecule has 136 valence electrons. The van der Waals surface area contributed by atoms with Crippen LogP contribution in [0, 0.1) is 18.6 Å². The maximum Gasteiger partial charge on any atom is 0.221 e. The standard InChI is InChI=1S/C19H23N5OS/c1-14-6-5-7-15(2)18(14)24-19(26)23(20-21-24)13-22(3)12-16-8-10-17(25-4)11-9-16/h5-11H,12-13H2,1-4H3. The molecule has 0 amide bonds. The lowest BCUT2D eigenvalue weighted by Crippen LogP contribution is -2.22. The van der Waals surface area contributed by atoms with Crippen LogP contribution >= 0.6 is 12.2 Å². The summed E-state index contributed by atoms with van der Waals surface area (Å²) in [4.78, 5) is 2.14. The molecule has 1 aromatic heterocycles. The Hall–Kier alpha value is -2.51.